The van der Waals surface area contributed by atoms with Gasteiger partial charge in [0.15, 0.2) is 0 Å². The molecule has 3 heteroatoms. The van der Waals surface area contributed by atoms with Gasteiger partial charge in [0.2, 0.25) is 5.91 Å². The number of carbonyl (C=O) groups excluding carboxylic acids is 1. The zero-order valence-electron chi connectivity index (χ0n) is 13.7. The zero-order valence-corrected chi connectivity index (χ0v) is 13.7. The third kappa shape index (κ3) is 4.85. The molecule has 1 aromatic carbocycles. The van der Waals surface area contributed by atoms with Crippen LogP contribution in [-0.2, 0) is 11.3 Å². The fraction of sp³-hybridized carbons (Fsp3) is 0.611. The third-order valence-corrected chi connectivity index (χ3v) is 4.00. The second kappa shape index (κ2) is 7.08. The minimum atomic E-state index is -0.0930. The molecule has 0 aromatic heterocycles. The molecular weight excluding hydrogens is 260 g/mol. The van der Waals surface area contributed by atoms with Crippen LogP contribution in [0, 0.1) is 5.92 Å². The van der Waals surface area contributed by atoms with E-state index < -0.39 is 0 Å². The fourth-order valence-electron chi connectivity index (χ4n) is 2.67. The van der Waals surface area contributed by atoms with Crippen LogP contribution in [-0.4, -0.2) is 30.9 Å². The summed E-state index contributed by atoms with van der Waals surface area (Å²) >= 11 is 0. The summed E-state index contributed by atoms with van der Waals surface area (Å²) in [6.45, 7) is 5.08. The number of amides is 1. The molecule has 1 aliphatic rings. The van der Waals surface area contributed by atoms with Gasteiger partial charge in [0.1, 0.15) is 0 Å². The number of hydrogen-bond donors (Lipinski definition) is 1. The van der Waals surface area contributed by atoms with Crippen LogP contribution in [0.2, 0.25) is 0 Å². The van der Waals surface area contributed by atoms with E-state index in [1.807, 2.05) is 14.1 Å². The smallest absolute Gasteiger partial charge is 0.239 e. The monoisotopic (exact) mass is 288 g/mol. The molecule has 1 fully saturated rings. The normalized spacial score (nSPS) is 16.0. The first-order chi connectivity index (χ1) is 9.97. The van der Waals surface area contributed by atoms with Crippen molar-refractivity contribution in [2.75, 3.05) is 14.1 Å². The number of nitrogens with one attached hydrogen (secondary N) is 1. The van der Waals surface area contributed by atoms with Crippen molar-refractivity contribution < 1.29 is 4.79 Å². The van der Waals surface area contributed by atoms with E-state index in [1.54, 1.807) is 4.90 Å². The van der Waals surface area contributed by atoms with Gasteiger partial charge in [0.25, 0.3) is 0 Å². The van der Waals surface area contributed by atoms with E-state index in [9.17, 15) is 4.79 Å². The third-order valence-electron chi connectivity index (χ3n) is 4.00. The largest absolute Gasteiger partial charge is 0.347 e. The summed E-state index contributed by atoms with van der Waals surface area (Å²) in [4.78, 5) is 13.9. The van der Waals surface area contributed by atoms with Gasteiger partial charge in [-0.2, -0.15) is 0 Å². The van der Waals surface area contributed by atoms with Crippen LogP contribution in [0.3, 0.4) is 0 Å². The second-order valence-electron chi connectivity index (χ2n) is 6.82. The van der Waals surface area contributed by atoms with E-state index in [4.69, 9.17) is 0 Å². The Hall–Kier alpha value is -1.35. The van der Waals surface area contributed by atoms with E-state index in [0.29, 0.717) is 5.92 Å². The first-order valence-corrected chi connectivity index (χ1v) is 8.00. The van der Waals surface area contributed by atoms with Gasteiger partial charge >= 0.3 is 0 Å². The molecule has 1 N–H and O–H groups in total. The summed E-state index contributed by atoms with van der Waals surface area (Å²) in [5.74, 6) is 1.45. The molecule has 0 saturated heterocycles. The topological polar surface area (TPSA) is 32.3 Å². The molecule has 1 aromatic rings. The number of benzene rings is 1. The minimum Gasteiger partial charge on any atom is -0.347 e. The molecule has 1 saturated carbocycles. The minimum absolute atomic E-state index is 0.0930. The van der Waals surface area contributed by atoms with Gasteiger partial charge in [0.05, 0.1) is 6.04 Å². The Labute approximate surface area is 128 Å². The predicted molar refractivity (Wildman–Crippen MR) is 87.2 cm³/mol. The molecule has 21 heavy (non-hydrogen) atoms. The summed E-state index contributed by atoms with van der Waals surface area (Å²) in [7, 11) is 3.65. The van der Waals surface area contributed by atoms with Crippen molar-refractivity contribution in [1.29, 1.82) is 0 Å². The average Bonchev–Trinajstić information content (AvgIpc) is 3.27. The van der Waals surface area contributed by atoms with E-state index >= 15 is 0 Å². The van der Waals surface area contributed by atoms with Gasteiger partial charge < -0.3 is 10.2 Å². The highest BCUT2D eigenvalue weighted by Gasteiger charge is 2.24. The van der Waals surface area contributed by atoms with Crippen molar-refractivity contribution in [3.8, 4) is 0 Å². The predicted octanol–water partition coefficient (Wildman–Crippen LogP) is 3.16. The highest BCUT2D eigenvalue weighted by atomic mass is 16.2. The molecule has 1 unspecified atom stereocenters. The van der Waals surface area contributed by atoms with Crippen LogP contribution >= 0.6 is 0 Å². The van der Waals surface area contributed by atoms with Gasteiger partial charge in [-0.25, -0.2) is 0 Å². The lowest BCUT2D eigenvalue weighted by Gasteiger charge is -2.23. The van der Waals surface area contributed by atoms with Crippen molar-refractivity contribution in [2.24, 2.45) is 5.92 Å². The van der Waals surface area contributed by atoms with Crippen LogP contribution in [0.4, 0.5) is 0 Å². The first kappa shape index (κ1) is 16.0. The molecule has 2 rings (SSSR count). The van der Waals surface area contributed by atoms with Gasteiger partial charge in [-0.05, 0) is 42.2 Å². The Kier molecular flexibility index (Phi) is 5.40. The van der Waals surface area contributed by atoms with Crippen LogP contribution < -0.4 is 5.32 Å². The lowest BCUT2D eigenvalue weighted by atomic mass is 10.0. The van der Waals surface area contributed by atoms with Crippen molar-refractivity contribution in [3.05, 3.63) is 35.4 Å². The van der Waals surface area contributed by atoms with Gasteiger partial charge in [-0.3, -0.25) is 4.79 Å². The fourth-order valence-corrected chi connectivity index (χ4v) is 2.67. The summed E-state index contributed by atoms with van der Waals surface area (Å²) in [6, 6.07) is 8.70. The Bertz CT molecular complexity index is 478. The SMILES string of the molecule is CC(C)CC(NCc1cccc(C2CC2)c1)C(=O)N(C)C. The van der Waals surface area contributed by atoms with Crippen molar-refractivity contribution in [3.63, 3.8) is 0 Å². The maximum Gasteiger partial charge on any atom is 0.239 e. The summed E-state index contributed by atoms with van der Waals surface area (Å²) in [5, 5.41) is 3.44. The van der Waals surface area contributed by atoms with Crippen LogP contribution in [0.15, 0.2) is 24.3 Å². The highest BCUT2D eigenvalue weighted by Crippen LogP contribution is 2.40. The Morgan fingerprint density at radius 2 is 2.05 bits per heavy atom. The second-order valence-corrected chi connectivity index (χ2v) is 6.82. The first-order valence-electron chi connectivity index (χ1n) is 8.00. The van der Waals surface area contributed by atoms with Gasteiger partial charge in [0, 0.05) is 20.6 Å². The molecule has 1 aliphatic carbocycles. The van der Waals surface area contributed by atoms with Crippen LogP contribution in [0.1, 0.15) is 50.2 Å². The molecule has 0 spiro atoms. The number of hydrogen-bond acceptors (Lipinski definition) is 2. The Balaban J connectivity index is 1.96. The molecule has 116 valence electrons. The van der Waals surface area contributed by atoms with Crippen molar-refractivity contribution in [1.82, 2.24) is 10.2 Å². The number of carbonyl (C=O) groups is 1. The molecule has 0 heterocycles. The average molecular weight is 288 g/mol. The molecule has 0 bridgehead atoms. The molecular formula is C18H28N2O. The van der Waals surface area contributed by atoms with Crippen LogP contribution in [0.25, 0.3) is 0 Å². The van der Waals surface area contributed by atoms with Crippen molar-refractivity contribution in [2.45, 2.75) is 51.6 Å². The summed E-state index contributed by atoms with van der Waals surface area (Å²) in [6.07, 6.45) is 3.53. The maximum atomic E-state index is 12.2. The Morgan fingerprint density at radius 3 is 2.62 bits per heavy atom. The van der Waals surface area contributed by atoms with E-state index in [0.717, 1.165) is 18.9 Å². The lowest BCUT2D eigenvalue weighted by Crippen LogP contribution is -2.44. The highest BCUT2D eigenvalue weighted by molar-refractivity contribution is 5.81. The molecule has 3 nitrogen and oxygen atoms in total. The Morgan fingerprint density at radius 1 is 1.33 bits per heavy atom. The number of nitrogens with zero attached hydrogens (tertiary/aromatic N) is 1. The zero-order chi connectivity index (χ0) is 15.4. The van der Waals surface area contributed by atoms with E-state index in [2.05, 4.69) is 43.4 Å². The van der Waals surface area contributed by atoms with E-state index in [1.165, 1.54) is 24.0 Å². The number of rotatable bonds is 7. The molecule has 0 radical (unpaired) electrons. The standard InChI is InChI=1S/C18H28N2O/c1-13(2)10-17(18(21)20(3)4)19-12-14-6-5-7-16(11-14)15-8-9-15/h5-7,11,13,15,17,19H,8-10,12H2,1-4H3. The quantitative estimate of drug-likeness (QED) is 0.836. The summed E-state index contributed by atoms with van der Waals surface area (Å²) < 4.78 is 0. The molecule has 0 aliphatic heterocycles. The maximum absolute atomic E-state index is 12.2. The number of likely N-dealkylation sites (N-methyl/N-ethyl adjacent to an activating group) is 1. The molecule has 1 atom stereocenters. The van der Waals surface area contributed by atoms with Gasteiger partial charge in [-0.1, -0.05) is 38.1 Å². The summed E-state index contributed by atoms with van der Waals surface area (Å²) in [5.41, 5.74) is 2.73. The van der Waals surface area contributed by atoms with E-state index in [-0.39, 0.29) is 11.9 Å². The molecule has 1 amide bonds. The van der Waals surface area contributed by atoms with Gasteiger partial charge in [-0.15, -0.1) is 0 Å². The lowest BCUT2D eigenvalue weighted by molar-refractivity contribution is -0.131. The van der Waals surface area contributed by atoms with Crippen molar-refractivity contribution >= 4 is 5.91 Å². The van der Waals surface area contributed by atoms with Crippen LogP contribution in [0.5, 0.6) is 0 Å².